The monoisotopic (exact) mass is 210 g/mol. The molecule has 0 aliphatic carbocycles. The fourth-order valence-corrected chi connectivity index (χ4v) is 2.91. The van der Waals surface area contributed by atoms with Crippen molar-refractivity contribution in [3.8, 4) is 0 Å². The number of nitrogens with zero attached hydrogens (tertiary/aromatic N) is 1. The molecule has 0 saturated carbocycles. The largest absolute Gasteiger partial charge is 0.342 e. The molecular weight excluding hydrogens is 188 g/mol. The maximum atomic E-state index is 11.9. The lowest BCUT2D eigenvalue weighted by atomic mass is 9.79. The highest BCUT2D eigenvalue weighted by molar-refractivity contribution is 5.78. The molecule has 1 spiro atoms. The Labute approximate surface area is 92.2 Å². The third-order valence-electron chi connectivity index (χ3n) is 3.80. The minimum atomic E-state index is 0.148. The van der Waals surface area contributed by atoms with Crippen molar-refractivity contribution in [1.29, 1.82) is 0 Å². The lowest BCUT2D eigenvalue weighted by molar-refractivity contribution is -0.137. The summed E-state index contributed by atoms with van der Waals surface area (Å²) in [6.07, 6.45) is 3.72. The molecule has 15 heavy (non-hydrogen) atoms. The second-order valence-electron chi connectivity index (χ2n) is 5.44. The standard InChI is InChI=1S/C12H22N2O/c1-10(2)11(15)14-7-3-4-12(9-14)5-6-13-8-12/h10,13H,3-9H2,1-2H3. The van der Waals surface area contributed by atoms with Crippen LogP contribution in [-0.2, 0) is 4.79 Å². The first-order chi connectivity index (χ1) is 7.13. The minimum absolute atomic E-state index is 0.148. The van der Waals surface area contributed by atoms with Crippen molar-refractivity contribution in [2.75, 3.05) is 26.2 Å². The molecule has 86 valence electrons. The number of carbonyl (C=O) groups excluding carboxylic acids is 1. The maximum absolute atomic E-state index is 11.9. The van der Waals surface area contributed by atoms with Crippen LogP contribution in [-0.4, -0.2) is 37.0 Å². The molecular formula is C12H22N2O. The third-order valence-corrected chi connectivity index (χ3v) is 3.80. The Morgan fingerprint density at radius 1 is 1.40 bits per heavy atom. The summed E-state index contributed by atoms with van der Waals surface area (Å²) in [5, 5.41) is 3.43. The van der Waals surface area contributed by atoms with Gasteiger partial charge < -0.3 is 10.2 Å². The molecule has 2 saturated heterocycles. The van der Waals surface area contributed by atoms with E-state index in [1.165, 1.54) is 19.3 Å². The van der Waals surface area contributed by atoms with Gasteiger partial charge in [-0.1, -0.05) is 13.8 Å². The predicted molar refractivity (Wildman–Crippen MR) is 60.6 cm³/mol. The zero-order valence-electron chi connectivity index (χ0n) is 9.88. The van der Waals surface area contributed by atoms with Crippen LogP contribution in [0.2, 0.25) is 0 Å². The zero-order chi connectivity index (χ0) is 10.9. The summed E-state index contributed by atoms with van der Waals surface area (Å²) in [5.41, 5.74) is 0.406. The summed E-state index contributed by atoms with van der Waals surface area (Å²) in [7, 11) is 0. The van der Waals surface area contributed by atoms with Crippen LogP contribution >= 0.6 is 0 Å². The van der Waals surface area contributed by atoms with Crippen LogP contribution in [0.3, 0.4) is 0 Å². The Morgan fingerprint density at radius 2 is 2.20 bits per heavy atom. The van der Waals surface area contributed by atoms with Gasteiger partial charge in [-0.15, -0.1) is 0 Å². The van der Waals surface area contributed by atoms with E-state index in [-0.39, 0.29) is 5.92 Å². The van der Waals surface area contributed by atoms with E-state index >= 15 is 0 Å². The van der Waals surface area contributed by atoms with E-state index in [9.17, 15) is 4.79 Å². The molecule has 1 amide bonds. The second kappa shape index (κ2) is 4.12. The number of likely N-dealkylation sites (tertiary alicyclic amines) is 1. The van der Waals surface area contributed by atoms with Crippen molar-refractivity contribution < 1.29 is 4.79 Å². The number of carbonyl (C=O) groups is 1. The molecule has 0 bridgehead atoms. The molecule has 3 nitrogen and oxygen atoms in total. The van der Waals surface area contributed by atoms with Gasteiger partial charge in [-0.05, 0) is 25.8 Å². The smallest absolute Gasteiger partial charge is 0.225 e. The Balaban J connectivity index is 2.00. The first-order valence-electron chi connectivity index (χ1n) is 6.12. The van der Waals surface area contributed by atoms with Crippen LogP contribution in [0, 0.1) is 11.3 Å². The average molecular weight is 210 g/mol. The molecule has 2 rings (SSSR count). The van der Waals surface area contributed by atoms with Crippen LogP contribution in [0.5, 0.6) is 0 Å². The van der Waals surface area contributed by atoms with Gasteiger partial charge >= 0.3 is 0 Å². The third kappa shape index (κ3) is 2.17. The van der Waals surface area contributed by atoms with E-state index in [0.29, 0.717) is 11.3 Å². The van der Waals surface area contributed by atoms with E-state index in [0.717, 1.165) is 26.2 Å². The lowest BCUT2D eigenvalue weighted by Gasteiger charge is -2.40. The summed E-state index contributed by atoms with van der Waals surface area (Å²) in [5.74, 6) is 0.482. The summed E-state index contributed by atoms with van der Waals surface area (Å²) in [6, 6.07) is 0. The first-order valence-corrected chi connectivity index (χ1v) is 6.12. The molecule has 2 heterocycles. The number of piperidine rings is 1. The Kier molecular flexibility index (Phi) is 3.01. The van der Waals surface area contributed by atoms with Crippen molar-refractivity contribution in [3.05, 3.63) is 0 Å². The molecule has 3 heteroatoms. The topological polar surface area (TPSA) is 32.3 Å². The number of hydrogen-bond acceptors (Lipinski definition) is 2. The average Bonchev–Trinajstić information content (AvgIpc) is 2.65. The molecule has 2 aliphatic heterocycles. The lowest BCUT2D eigenvalue weighted by Crippen LogP contribution is -2.48. The van der Waals surface area contributed by atoms with Gasteiger partial charge in [0, 0.05) is 31.0 Å². The fourth-order valence-electron chi connectivity index (χ4n) is 2.91. The van der Waals surface area contributed by atoms with Crippen molar-refractivity contribution in [2.45, 2.75) is 33.1 Å². The number of rotatable bonds is 1. The van der Waals surface area contributed by atoms with E-state index in [1.807, 2.05) is 13.8 Å². The van der Waals surface area contributed by atoms with Crippen LogP contribution in [0.15, 0.2) is 0 Å². The Hall–Kier alpha value is -0.570. The Morgan fingerprint density at radius 3 is 2.80 bits per heavy atom. The van der Waals surface area contributed by atoms with Gasteiger partial charge in [0.05, 0.1) is 0 Å². The molecule has 0 aromatic rings. The zero-order valence-corrected chi connectivity index (χ0v) is 9.88. The molecule has 0 radical (unpaired) electrons. The van der Waals surface area contributed by atoms with Crippen LogP contribution < -0.4 is 5.32 Å². The van der Waals surface area contributed by atoms with Gasteiger partial charge in [0.1, 0.15) is 0 Å². The molecule has 1 N–H and O–H groups in total. The van der Waals surface area contributed by atoms with Gasteiger partial charge in [-0.2, -0.15) is 0 Å². The van der Waals surface area contributed by atoms with Crippen LogP contribution in [0.4, 0.5) is 0 Å². The quantitative estimate of drug-likeness (QED) is 0.706. The molecule has 2 aliphatic rings. The van der Waals surface area contributed by atoms with Crippen molar-refractivity contribution in [2.24, 2.45) is 11.3 Å². The predicted octanol–water partition coefficient (Wildman–Crippen LogP) is 1.24. The minimum Gasteiger partial charge on any atom is -0.342 e. The SMILES string of the molecule is CC(C)C(=O)N1CCCC2(CCNC2)C1. The molecule has 0 aromatic carbocycles. The van der Waals surface area contributed by atoms with E-state index in [2.05, 4.69) is 10.2 Å². The summed E-state index contributed by atoms with van der Waals surface area (Å²) >= 11 is 0. The van der Waals surface area contributed by atoms with Crippen molar-refractivity contribution in [3.63, 3.8) is 0 Å². The van der Waals surface area contributed by atoms with Crippen LogP contribution in [0.1, 0.15) is 33.1 Å². The summed E-state index contributed by atoms with van der Waals surface area (Å²) in [4.78, 5) is 14.0. The number of amides is 1. The normalized spacial score (nSPS) is 31.5. The van der Waals surface area contributed by atoms with E-state index in [4.69, 9.17) is 0 Å². The highest BCUT2D eigenvalue weighted by Gasteiger charge is 2.39. The highest BCUT2D eigenvalue weighted by Crippen LogP contribution is 2.35. The van der Waals surface area contributed by atoms with Crippen LogP contribution in [0.25, 0.3) is 0 Å². The number of hydrogen-bond donors (Lipinski definition) is 1. The van der Waals surface area contributed by atoms with Crippen molar-refractivity contribution in [1.82, 2.24) is 10.2 Å². The van der Waals surface area contributed by atoms with Gasteiger partial charge in [-0.25, -0.2) is 0 Å². The van der Waals surface area contributed by atoms with Crippen molar-refractivity contribution >= 4 is 5.91 Å². The highest BCUT2D eigenvalue weighted by atomic mass is 16.2. The fraction of sp³-hybridized carbons (Fsp3) is 0.917. The summed E-state index contributed by atoms with van der Waals surface area (Å²) in [6.45, 7) is 8.18. The van der Waals surface area contributed by atoms with E-state index < -0.39 is 0 Å². The van der Waals surface area contributed by atoms with Gasteiger partial charge in [0.15, 0.2) is 0 Å². The number of nitrogens with one attached hydrogen (secondary N) is 1. The van der Waals surface area contributed by atoms with Gasteiger partial charge in [-0.3, -0.25) is 4.79 Å². The van der Waals surface area contributed by atoms with Gasteiger partial charge in [0.25, 0.3) is 0 Å². The van der Waals surface area contributed by atoms with E-state index in [1.54, 1.807) is 0 Å². The second-order valence-corrected chi connectivity index (χ2v) is 5.44. The Bertz CT molecular complexity index is 244. The first kappa shape index (κ1) is 10.9. The maximum Gasteiger partial charge on any atom is 0.225 e. The molecule has 2 fully saturated rings. The molecule has 0 aromatic heterocycles. The molecule has 1 unspecified atom stereocenters. The van der Waals surface area contributed by atoms with Gasteiger partial charge in [0.2, 0.25) is 5.91 Å². The molecule has 1 atom stereocenters. The summed E-state index contributed by atoms with van der Waals surface area (Å²) < 4.78 is 0.